The SMILES string of the molecule is Cc1cc(C(=O)N(Cc2ccccc2)C(C)C(=O)O)c2c(C)nn(C)c2n1. The quantitative estimate of drug-likeness (QED) is 0.750. The standard InChI is InChI=1S/C20H22N4O3/c1-12-10-16(17-13(2)22-23(4)18(17)21-12)19(25)24(14(3)20(26)27)11-15-8-6-5-7-9-15/h5-10,14H,11H2,1-4H3,(H,26,27). The van der Waals surface area contributed by atoms with E-state index < -0.39 is 12.0 Å². The van der Waals surface area contributed by atoms with Gasteiger partial charge in [0.1, 0.15) is 6.04 Å². The van der Waals surface area contributed by atoms with E-state index >= 15 is 0 Å². The van der Waals surface area contributed by atoms with E-state index in [0.717, 1.165) is 5.56 Å². The first-order valence-corrected chi connectivity index (χ1v) is 8.68. The van der Waals surface area contributed by atoms with Crippen LogP contribution in [0.5, 0.6) is 0 Å². The van der Waals surface area contributed by atoms with E-state index in [9.17, 15) is 14.7 Å². The van der Waals surface area contributed by atoms with Crippen LogP contribution < -0.4 is 0 Å². The minimum Gasteiger partial charge on any atom is -0.480 e. The number of carbonyl (C=O) groups is 2. The number of rotatable bonds is 5. The van der Waals surface area contributed by atoms with Gasteiger partial charge in [-0.2, -0.15) is 5.10 Å². The molecule has 1 atom stereocenters. The Balaban J connectivity index is 2.11. The molecule has 0 bridgehead atoms. The Morgan fingerprint density at radius 1 is 1.22 bits per heavy atom. The maximum atomic E-state index is 13.4. The zero-order valence-electron chi connectivity index (χ0n) is 15.8. The monoisotopic (exact) mass is 366 g/mol. The molecule has 7 heteroatoms. The Morgan fingerprint density at radius 3 is 2.52 bits per heavy atom. The number of hydrogen-bond donors (Lipinski definition) is 1. The molecule has 1 amide bonds. The lowest BCUT2D eigenvalue weighted by Crippen LogP contribution is -2.42. The van der Waals surface area contributed by atoms with Crippen LogP contribution >= 0.6 is 0 Å². The summed E-state index contributed by atoms with van der Waals surface area (Å²) in [5, 5.41) is 14.6. The van der Waals surface area contributed by atoms with Crippen LogP contribution in [0, 0.1) is 13.8 Å². The molecule has 2 heterocycles. The van der Waals surface area contributed by atoms with Crippen molar-refractivity contribution in [3.05, 3.63) is 58.9 Å². The van der Waals surface area contributed by atoms with E-state index in [-0.39, 0.29) is 12.5 Å². The van der Waals surface area contributed by atoms with E-state index in [0.29, 0.717) is 28.0 Å². The van der Waals surface area contributed by atoms with Crippen molar-refractivity contribution < 1.29 is 14.7 Å². The molecule has 1 aromatic carbocycles. The molecule has 2 aromatic heterocycles. The summed E-state index contributed by atoms with van der Waals surface area (Å²) in [6.07, 6.45) is 0. The van der Waals surface area contributed by atoms with Gasteiger partial charge in [0, 0.05) is 19.3 Å². The zero-order chi connectivity index (χ0) is 19.7. The van der Waals surface area contributed by atoms with Gasteiger partial charge in [0.05, 0.1) is 16.6 Å². The lowest BCUT2D eigenvalue weighted by atomic mass is 10.1. The number of pyridine rings is 1. The van der Waals surface area contributed by atoms with Crippen molar-refractivity contribution >= 4 is 22.9 Å². The minimum absolute atomic E-state index is 0.204. The Kier molecular flexibility index (Phi) is 4.94. The molecule has 0 saturated heterocycles. The highest BCUT2D eigenvalue weighted by Crippen LogP contribution is 2.24. The molecule has 3 rings (SSSR count). The average Bonchev–Trinajstić information content (AvgIpc) is 2.92. The molecule has 0 fully saturated rings. The Morgan fingerprint density at radius 2 is 1.89 bits per heavy atom. The van der Waals surface area contributed by atoms with E-state index in [1.54, 1.807) is 24.7 Å². The van der Waals surface area contributed by atoms with Crippen molar-refractivity contribution in [2.75, 3.05) is 0 Å². The maximum Gasteiger partial charge on any atom is 0.326 e. The molecule has 0 aliphatic carbocycles. The molecule has 140 valence electrons. The van der Waals surface area contributed by atoms with Gasteiger partial charge < -0.3 is 10.0 Å². The van der Waals surface area contributed by atoms with Gasteiger partial charge in [0.2, 0.25) is 0 Å². The van der Waals surface area contributed by atoms with Crippen LogP contribution in [0.25, 0.3) is 11.0 Å². The van der Waals surface area contributed by atoms with Crippen LogP contribution in [-0.4, -0.2) is 42.7 Å². The van der Waals surface area contributed by atoms with Gasteiger partial charge in [0.25, 0.3) is 5.91 Å². The van der Waals surface area contributed by atoms with E-state index in [2.05, 4.69) is 10.1 Å². The molecule has 0 aliphatic heterocycles. The smallest absolute Gasteiger partial charge is 0.326 e. The summed E-state index contributed by atoms with van der Waals surface area (Å²) < 4.78 is 1.64. The third kappa shape index (κ3) is 3.53. The number of amides is 1. The summed E-state index contributed by atoms with van der Waals surface area (Å²) in [5.41, 5.74) is 3.26. The number of aryl methyl sites for hydroxylation is 3. The molecule has 0 saturated carbocycles. The fourth-order valence-electron chi connectivity index (χ4n) is 3.19. The summed E-state index contributed by atoms with van der Waals surface area (Å²) in [7, 11) is 1.78. The summed E-state index contributed by atoms with van der Waals surface area (Å²) >= 11 is 0. The third-order valence-corrected chi connectivity index (χ3v) is 4.61. The van der Waals surface area contributed by atoms with Gasteiger partial charge in [0.15, 0.2) is 5.65 Å². The molecular formula is C20H22N4O3. The number of carbonyl (C=O) groups excluding carboxylic acids is 1. The predicted molar refractivity (Wildman–Crippen MR) is 101 cm³/mol. The fourth-order valence-corrected chi connectivity index (χ4v) is 3.19. The molecule has 0 spiro atoms. The Hall–Kier alpha value is -3.22. The van der Waals surface area contributed by atoms with Crippen LogP contribution in [-0.2, 0) is 18.4 Å². The molecule has 7 nitrogen and oxygen atoms in total. The fraction of sp³-hybridized carbons (Fsp3) is 0.300. The topological polar surface area (TPSA) is 88.3 Å². The van der Waals surface area contributed by atoms with Crippen molar-refractivity contribution in [3.8, 4) is 0 Å². The molecular weight excluding hydrogens is 344 g/mol. The molecule has 27 heavy (non-hydrogen) atoms. The van der Waals surface area contributed by atoms with Gasteiger partial charge >= 0.3 is 5.97 Å². The molecule has 3 aromatic rings. The van der Waals surface area contributed by atoms with Crippen LogP contribution in [0.1, 0.15) is 34.2 Å². The Bertz CT molecular complexity index is 1010. The molecule has 0 aliphatic rings. The number of hydrogen-bond acceptors (Lipinski definition) is 4. The molecule has 1 unspecified atom stereocenters. The highest BCUT2D eigenvalue weighted by atomic mass is 16.4. The first-order valence-electron chi connectivity index (χ1n) is 8.68. The summed E-state index contributed by atoms with van der Waals surface area (Å²) in [5.74, 6) is -1.40. The highest BCUT2D eigenvalue weighted by molar-refractivity contribution is 6.07. The second kappa shape index (κ2) is 7.19. The summed E-state index contributed by atoms with van der Waals surface area (Å²) in [6.45, 7) is 5.35. The lowest BCUT2D eigenvalue weighted by Gasteiger charge is -2.27. The second-order valence-electron chi connectivity index (χ2n) is 6.65. The first kappa shape index (κ1) is 18.6. The normalized spacial score (nSPS) is 12.1. The second-order valence-corrected chi connectivity index (χ2v) is 6.65. The van der Waals surface area contributed by atoms with Crippen molar-refractivity contribution in [2.45, 2.75) is 33.4 Å². The molecule has 0 radical (unpaired) electrons. The van der Waals surface area contributed by atoms with Gasteiger partial charge in [-0.15, -0.1) is 0 Å². The largest absolute Gasteiger partial charge is 0.480 e. The van der Waals surface area contributed by atoms with E-state index in [4.69, 9.17) is 0 Å². The van der Waals surface area contributed by atoms with Crippen molar-refractivity contribution in [1.29, 1.82) is 0 Å². The summed E-state index contributed by atoms with van der Waals surface area (Å²) in [6, 6.07) is 10.1. The van der Waals surface area contributed by atoms with E-state index in [1.807, 2.05) is 37.3 Å². The van der Waals surface area contributed by atoms with Gasteiger partial charge in [-0.05, 0) is 32.4 Å². The van der Waals surface area contributed by atoms with Crippen molar-refractivity contribution in [1.82, 2.24) is 19.7 Å². The minimum atomic E-state index is -1.05. The predicted octanol–water partition coefficient (Wildman–Crippen LogP) is 2.70. The van der Waals surface area contributed by atoms with Crippen LogP contribution in [0.4, 0.5) is 0 Å². The van der Waals surface area contributed by atoms with Crippen molar-refractivity contribution in [3.63, 3.8) is 0 Å². The van der Waals surface area contributed by atoms with Crippen molar-refractivity contribution in [2.24, 2.45) is 7.05 Å². The lowest BCUT2D eigenvalue weighted by molar-refractivity contribution is -0.141. The Labute approximate surface area is 157 Å². The number of nitrogens with zero attached hydrogens (tertiary/aromatic N) is 4. The molecule has 1 N–H and O–H groups in total. The van der Waals surface area contributed by atoms with Crippen LogP contribution in [0.15, 0.2) is 36.4 Å². The van der Waals surface area contributed by atoms with Crippen LogP contribution in [0.3, 0.4) is 0 Å². The zero-order valence-corrected chi connectivity index (χ0v) is 15.8. The summed E-state index contributed by atoms with van der Waals surface area (Å²) in [4.78, 5) is 30.9. The number of carboxylic acid groups (broad SMARTS) is 1. The number of aliphatic carboxylic acids is 1. The average molecular weight is 366 g/mol. The van der Waals surface area contributed by atoms with E-state index in [1.165, 1.54) is 11.8 Å². The maximum absolute atomic E-state index is 13.4. The van der Waals surface area contributed by atoms with Gasteiger partial charge in [-0.25, -0.2) is 9.78 Å². The number of carboxylic acids is 1. The number of fused-ring (bicyclic) bond motifs is 1. The third-order valence-electron chi connectivity index (χ3n) is 4.61. The van der Waals surface area contributed by atoms with Gasteiger partial charge in [-0.1, -0.05) is 30.3 Å². The van der Waals surface area contributed by atoms with Gasteiger partial charge in [-0.3, -0.25) is 9.48 Å². The first-order chi connectivity index (χ1) is 12.8. The van der Waals surface area contributed by atoms with Crippen LogP contribution in [0.2, 0.25) is 0 Å². The highest BCUT2D eigenvalue weighted by Gasteiger charge is 2.29. The number of aromatic nitrogens is 3. The number of benzene rings is 1.